The fraction of sp³-hybridized carbons (Fsp3) is 0.438. The molecule has 1 aromatic carbocycles. The van der Waals surface area contributed by atoms with Crippen LogP contribution in [0.5, 0.6) is 0 Å². The molecular formula is C16H16F3N3O3. The third-order valence-corrected chi connectivity index (χ3v) is 4.24. The van der Waals surface area contributed by atoms with Gasteiger partial charge in [-0.3, -0.25) is 0 Å². The highest BCUT2D eigenvalue weighted by atomic mass is 19.4. The predicted molar refractivity (Wildman–Crippen MR) is 81.3 cm³/mol. The summed E-state index contributed by atoms with van der Waals surface area (Å²) in [6.45, 7) is 1.03. The lowest BCUT2D eigenvalue weighted by atomic mass is 9.89. The molecule has 1 fully saturated rings. The lowest BCUT2D eigenvalue weighted by Gasteiger charge is -2.30. The van der Waals surface area contributed by atoms with E-state index in [1.807, 2.05) is 12.1 Å². The lowest BCUT2D eigenvalue weighted by Crippen LogP contribution is -2.33. The number of halogens is 3. The first-order valence-electron chi connectivity index (χ1n) is 7.72. The topological polar surface area (TPSA) is 68.5 Å². The maximum atomic E-state index is 12.5. The largest absolute Gasteiger partial charge is 0.465 e. The third-order valence-electron chi connectivity index (χ3n) is 4.24. The second-order valence-corrected chi connectivity index (χ2v) is 5.77. The first-order chi connectivity index (χ1) is 11.9. The van der Waals surface area contributed by atoms with Gasteiger partial charge in [0.1, 0.15) is 0 Å². The molecule has 25 heavy (non-hydrogen) atoms. The molecule has 0 N–H and O–H groups in total. The summed E-state index contributed by atoms with van der Waals surface area (Å²) < 4.78 is 47.0. The maximum absolute atomic E-state index is 12.5. The normalized spacial score (nSPS) is 16.1. The molecular weight excluding hydrogens is 339 g/mol. The summed E-state index contributed by atoms with van der Waals surface area (Å²) >= 11 is 0. The number of carbonyl (C=O) groups excluding carboxylic acids is 1. The Balaban J connectivity index is 1.62. The quantitative estimate of drug-likeness (QED) is 0.787. The molecule has 0 unspecified atom stereocenters. The average Bonchev–Trinajstić information content (AvgIpc) is 3.12. The van der Waals surface area contributed by atoms with E-state index in [9.17, 15) is 18.0 Å². The Morgan fingerprint density at radius 1 is 1.24 bits per heavy atom. The number of alkyl halides is 3. The summed E-state index contributed by atoms with van der Waals surface area (Å²) in [6, 6.07) is 7.07. The van der Waals surface area contributed by atoms with Crippen LogP contribution in [-0.4, -0.2) is 36.3 Å². The number of hydrogen-bond acceptors (Lipinski definition) is 6. The Hall–Kier alpha value is -2.58. The fourth-order valence-electron chi connectivity index (χ4n) is 2.87. The Labute approximate surface area is 141 Å². The van der Waals surface area contributed by atoms with Gasteiger partial charge in [0.2, 0.25) is 0 Å². The monoisotopic (exact) mass is 355 g/mol. The first kappa shape index (κ1) is 17.2. The van der Waals surface area contributed by atoms with Crippen LogP contribution in [-0.2, 0) is 10.9 Å². The number of esters is 1. The molecule has 0 saturated carbocycles. The number of methoxy groups -OCH3 is 1. The van der Waals surface area contributed by atoms with E-state index in [-0.39, 0.29) is 11.9 Å². The third kappa shape index (κ3) is 3.75. The molecule has 3 rings (SSSR count). The van der Waals surface area contributed by atoms with E-state index in [2.05, 4.69) is 14.9 Å². The van der Waals surface area contributed by atoms with Gasteiger partial charge < -0.3 is 14.2 Å². The van der Waals surface area contributed by atoms with Gasteiger partial charge in [-0.2, -0.15) is 18.2 Å². The van der Waals surface area contributed by atoms with Crippen LogP contribution in [0.2, 0.25) is 0 Å². The van der Waals surface area contributed by atoms with Gasteiger partial charge in [0.25, 0.3) is 5.82 Å². The summed E-state index contributed by atoms with van der Waals surface area (Å²) in [5, 5.41) is 2.98. The number of benzene rings is 1. The van der Waals surface area contributed by atoms with E-state index in [1.54, 1.807) is 17.0 Å². The van der Waals surface area contributed by atoms with Crippen molar-refractivity contribution in [1.82, 2.24) is 10.1 Å². The number of anilines is 1. The number of ether oxygens (including phenoxy) is 1. The molecule has 0 radical (unpaired) electrons. The van der Waals surface area contributed by atoms with Crippen molar-refractivity contribution in [2.24, 2.45) is 0 Å². The van der Waals surface area contributed by atoms with E-state index in [1.165, 1.54) is 7.11 Å². The minimum Gasteiger partial charge on any atom is -0.465 e. The summed E-state index contributed by atoms with van der Waals surface area (Å²) in [5.41, 5.74) is 1.56. The van der Waals surface area contributed by atoms with Crippen molar-refractivity contribution in [2.45, 2.75) is 24.9 Å². The first-order valence-corrected chi connectivity index (χ1v) is 7.72. The molecule has 6 nitrogen and oxygen atoms in total. The Morgan fingerprint density at radius 3 is 2.40 bits per heavy atom. The van der Waals surface area contributed by atoms with Crippen molar-refractivity contribution >= 4 is 12.0 Å². The molecule has 0 bridgehead atoms. The van der Waals surface area contributed by atoms with E-state index in [0.29, 0.717) is 18.7 Å². The molecule has 2 heterocycles. The van der Waals surface area contributed by atoms with Crippen molar-refractivity contribution in [3.05, 3.63) is 41.2 Å². The summed E-state index contributed by atoms with van der Waals surface area (Å²) in [4.78, 5) is 16.5. The number of hydrogen-bond donors (Lipinski definition) is 0. The van der Waals surface area contributed by atoms with Gasteiger partial charge in [0, 0.05) is 13.1 Å². The van der Waals surface area contributed by atoms with Crippen molar-refractivity contribution in [3.63, 3.8) is 0 Å². The standard InChI is InChI=1S/C16H16F3N3O3/c1-24-13(23)12-4-2-10(3-5-12)11-6-8-22(9-7-11)15-20-14(21-25-15)16(17,18)19/h2-5,11H,6-9H2,1H3. The minimum absolute atomic E-state index is 0.105. The zero-order valence-corrected chi connectivity index (χ0v) is 13.4. The van der Waals surface area contributed by atoms with Crippen LogP contribution in [0.4, 0.5) is 19.2 Å². The van der Waals surface area contributed by atoms with Crippen LogP contribution in [0, 0.1) is 0 Å². The van der Waals surface area contributed by atoms with Gasteiger partial charge in [-0.05, 0) is 41.6 Å². The molecule has 1 aliphatic rings. The highest BCUT2D eigenvalue weighted by Gasteiger charge is 2.38. The molecule has 1 aromatic heterocycles. The van der Waals surface area contributed by atoms with Gasteiger partial charge in [-0.1, -0.05) is 12.1 Å². The molecule has 1 saturated heterocycles. The lowest BCUT2D eigenvalue weighted by molar-refractivity contribution is -0.146. The van der Waals surface area contributed by atoms with Crippen molar-refractivity contribution in [3.8, 4) is 0 Å². The molecule has 0 atom stereocenters. The number of aromatic nitrogens is 2. The van der Waals surface area contributed by atoms with Crippen LogP contribution in [0.25, 0.3) is 0 Å². The van der Waals surface area contributed by atoms with E-state index < -0.39 is 18.0 Å². The summed E-state index contributed by atoms with van der Waals surface area (Å²) in [6.07, 6.45) is -3.13. The zero-order chi connectivity index (χ0) is 18.0. The predicted octanol–water partition coefficient (Wildman–Crippen LogP) is 3.26. The molecule has 134 valence electrons. The Kier molecular flexibility index (Phi) is 4.65. The van der Waals surface area contributed by atoms with Crippen LogP contribution in [0.15, 0.2) is 28.8 Å². The maximum Gasteiger partial charge on any atom is 0.455 e. The molecule has 0 spiro atoms. The fourth-order valence-corrected chi connectivity index (χ4v) is 2.87. The minimum atomic E-state index is -4.61. The van der Waals surface area contributed by atoms with E-state index in [0.717, 1.165) is 18.4 Å². The molecule has 0 aliphatic carbocycles. The van der Waals surface area contributed by atoms with Crippen LogP contribution in [0.1, 0.15) is 40.5 Å². The van der Waals surface area contributed by atoms with Gasteiger partial charge in [0.15, 0.2) is 0 Å². The van der Waals surface area contributed by atoms with Gasteiger partial charge in [-0.15, -0.1) is 0 Å². The summed E-state index contributed by atoms with van der Waals surface area (Å²) in [7, 11) is 1.33. The number of rotatable bonds is 3. The second kappa shape index (κ2) is 6.73. The Bertz CT molecular complexity index is 735. The number of nitrogens with zero attached hydrogens (tertiary/aromatic N) is 3. The zero-order valence-electron chi connectivity index (χ0n) is 13.4. The van der Waals surface area contributed by atoms with Crippen LogP contribution >= 0.6 is 0 Å². The molecule has 0 amide bonds. The number of piperidine rings is 1. The summed E-state index contributed by atoms with van der Waals surface area (Å²) in [5.74, 6) is -1.39. The molecule has 1 aliphatic heterocycles. The highest BCUT2D eigenvalue weighted by molar-refractivity contribution is 5.89. The van der Waals surface area contributed by atoms with Crippen molar-refractivity contribution in [1.29, 1.82) is 0 Å². The van der Waals surface area contributed by atoms with E-state index >= 15 is 0 Å². The molecule has 9 heteroatoms. The number of carbonyl (C=O) groups is 1. The SMILES string of the molecule is COC(=O)c1ccc(C2CCN(c3nc(C(F)(F)F)no3)CC2)cc1. The highest BCUT2D eigenvalue weighted by Crippen LogP contribution is 2.32. The van der Waals surface area contributed by atoms with Crippen LogP contribution in [0.3, 0.4) is 0 Å². The second-order valence-electron chi connectivity index (χ2n) is 5.77. The Morgan fingerprint density at radius 2 is 1.88 bits per heavy atom. The molecule has 2 aromatic rings. The average molecular weight is 355 g/mol. The van der Waals surface area contributed by atoms with Crippen molar-refractivity contribution in [2.75, 3.05) is 25.1 Å². The van der Waals surface area contributed by atoms with E-state index in [4.69, 9.17) is 4.52 Å². The van der Waals surface area contributed by atoms with Gasteiger partial charge in [0.05, 0.1) is 12.7 Å². The van der Waals surface area contributed by atoms with Crippen molar-refractivity contribution < 1.29 is 27.2 Å². The smallest absolute Gasteiger partial charge is 0.455 e. The van der Waals surface area contributed by atoms with Gasteiger partial charge in [-0.25, -0.2) is 4.79 Å². The van der Waals surface area contributed by atoms with Gasteiger partial charge >= 0.3 is 18.2 Å². The van der Waals surface area contributed by atoms with Crippen LogP contribution < -0.4 is 4.90 Å².